The van der Waals surface area contributed by atoms with Gasteiger partial charge >= 0.3 is 6.09 Å². The van der Waals surface area contributed by atoms with Gasteiger partial charge in [-0.15, -0.1) is 0 Å². The lowest BCUT2D eigenvalue weighted by Crippen LogP contribution is -2.30. The van der Waals surface area contributed by atoms with E-state index in [9.17, 15) is 4.79 Å². The van der Waals surface area contributed by atoms with Crippen LogP contribution < -0.4 is 4.74 Å². The lowest BCUT2D eigenvalue weighted by atomic mass is 10.1. The predicted octanol–water partition coefficient (Wildman–Crippen LogP) is 3.16. The molecule has 2 fully saturated rings. The maximum absolute atomic E-state index is 11.9. The molecule has 0 aromatic heterocycles. The first-order chi connectivity index (χ1) is 8.34. The van der Waals surface area contributed by atoms with E-state index in [4.69, 9.17) is 4.74 Å². The second-order valence-electron chi connectivity index (χ2n) is 4.87. The van der Waals surface area contributed by atoms with Crippen LogP contribution in [0.1, 0.15) is 37.2 Å². The molecule has 1 heterocycles. The lowest BCUT2D eigenvalue weighted by Gasteiger charge is -2.16. The largest absolute Gasteiger partial charge is 0.415 e. The molecule has 3 heteroatoms. The van der Waals surface area contributed by atoms with Crippen molar-refractivity contribution in [3.8, 4) is 5.75 Å². The van der Waals surface area contributed by atoms with Crippen molar-refractivity contribution in [1.82, 2.24) is 4.90 Å². The number of ether oxygens (including phenoxy) is 1. The summed E-state index contributed by atoms with van der Waals surface area (Å²) in [5.41, 5.74) is 1.19. The number of para-hydroxylation sites is 1. The minimum absolute atomic E-state index is 0.185. The molecule has 90 valence electrons. The molecule has 0 unspecified atom stereocenters. The average molecular weight is 231 g/mol. The van der Waals surface area contributed by atoms with Crippen LogP contribution in [0.5, 0.6) is 5.75 Å². The van der Waals surface area contributed by atoms with E-state index >= 15 is 0 Å². The molecule has 17 heavy (non-hydrogen) atoms. The number of amides is 1. The SMILES string of the molecule is O=C(Oc1ccccc1C1CC1)N1CCCC1. The Hall–Kier alpha value is -1.51. The van der Waals surface area contributed by atoms with E-state index in [0.29, 0.717) is 5.92 Å². The van der Waals surface area contributed by atoms with Gasteiger partial charge in [0.1, 0.15) is 5.75 Å². The molecule has 1 aromatic carbocycles. The second kappa shape index (κ2) is 4.40. The third kappa shape index (κ3) is 2.28. The Bertz CT molecular complexity index is 420. The molecule has 1 aliphatic heterocycles. The smallest absolute Gasteiger partial charge is 0.410 e. The maximum Gasteiger partial charge on any atom is 0.415 e. The fourth-order valence-electron chi connectivity index (χ4n) is 2.36. The number of carbonyl (C=O) groups is 1. The van der Waals surface area contributed by atoms with Crippen molar-refractivity contribution >= 4 is 6.09 Å². The molecule has 2 aliphatic rings. The van der Waals surface area contributed by atoms with Crippen molar-refractivity contribution in [3.63, 3.8) is 0 Å². The zero-order valence-electron chi connectivity index (χ0n) is 9.89. The van der Waals surface area contributed by atoms with E-state index in [0.717, 1.165) is 31.7 Å². The summed E-state index contributed by atoms with van der Waals surface area (Å²) in [7, 11) is 0. The number of hydrogen-bond donors (Lipinski definition) is 0. The van der Waals surface area contributed by atoms with Gasteiger partial charge in [-0.3, -0.25) is 0 Å². The molecule has 0 N–H and O–H groups in total. The van der Waals surface area contributed by atoms with Crippen LogP contribution in [-0.2, 0) is 0 Å². The molecule has 1 saturated carbocycles. The molecular weight excluding hydrogens is 214 g/mol. The quantitative estimate of drug-likeness (QED) is 0.782. The molecule has 0 bridgehead atoms. The first-order valence-electron chi connectivity index (χ1n) is 6.40. The van der Waals surface area contributed by atoms with Crippen molar-refractivity contribution in [1.29, 1.82) is 0 Å². The normalized spacial score (nSPS) is 19.4. The summed E-state index contributed by atoms with van der Waals surface area (Å²) in [6, 6.07) is 7.92. The lowest BCUT2D eigenvalue weighted by molar-refractivity contribution is 0.162. The van der Waals surface area contributed by atoms with Crippen molar-refractivity contribution in [2.75, 3.05) is 13.1 Å². The van der Waals surface area contributed by atoms with Crippen LogP contribution in [0.2, 0.25) is 0 Å². The highest BCUT2D eigenvalue weighted by molar-refractivity contribution is 5.71. The van der Waals surface area contributed by atoms with Crippen LogP contribution in [0.3, 0.4) is 0 Å². The van der Waals surface area contributed by atoms with Gasteiger partial charge < -0.3 is 9.64 Å². The molecule has 1 saturated heterocycles. The van der Waals surface area contributed by atoms with Gasteiger partial charge in [-0.25, -0.2) is 4.79 Å². The van der Waals surface area contributed by atoms with Crippen molar-refractivity contribution in [3.05, 3.63) is 29.8 Å². The highest BCUT2D eigenvalue weighted by Gasteiger charge is 2.28. The summed E-state index contributed by atoms with van der Waals surface area (Å²) in [5.74, 6) is 1.37. The first kappa shape index (κ1) is 10.6. The first-order valence-corrected chi connectivity index (χ1v) is 6.40. The third-order valence-electron chi connectivity index (χ3n) is 3.50. The Labute approximate surface area is 101 Å². The fourth-order valence-corrected chi connectivity index (χ4v) is 2.36. The Morgan fingerprint density at radius 2 is 1.88 bits per heavy atom. The third-order valence-corrected chi connectivity index (χ3v) is 3.50. The Balaban J connectivity index is 1.73. The number of hydrogen-bond acceptors (Lipinski definition) is 2. The van der Waals surface area contributed by atoms with Crippen LogP contribution in [0.25, 0.3) is 0 Å². The summed E-state index contributed by atoms with van der Waals surface area (Å²) in [6.45, 7) is 1.68. The van der Waals surface area contributed by atoms with Crippen LogP contribution in [0, 0.1) is 0 Å². The van der Waals surface area contributed by atoms with Gasteiger partial charge in [0.25, 0.3) is 0 Å². The summed E-state index contributed by atoms with van der Waals surface area (Å²) >= 11 is 0. The van der Waals surface area contributed by atoms with E-state index in [1.54, 1.807) is 4.90 Å². The molecule has 3 nitrogen and oxygen atoms in total. The van der Waals surface area contributed by atoms with E-state index in [-0.39, 0.29) is 6.09 Å². The average Bonchev–Trinajstić information content (AvgIpc) is 3.04. The van der Waals surface area contributed by atoms with Gasteiger partial charge in [-0.05, 0) is 43.2 Å². The molecule has 0 spiro atoms. The summed E-state index contributed by atoms with van der Waals surface area (Å²) in [4.78, 5) is 13.7. The Morgan fingerprint density at radius 1 is 1.18 bits per heavy atom. The number of carbonyl (C=O) groups excluding carboxylic acids is 1. The van der Waals surface area contributed by atoms with Crippen LogP contribution in [0.4, 0.5) is 4.79 Å². The molecule has 3 rings (SSSR count). The number of nitrogens with zero attached hydrogens (tertiary/aromatic N) is 1. The number of likely N-dealkylation sites (tertiary alicyclic amines) is 1. The van der Waals surface area contributed by atoms with Crippen molar-refractivity contribution < 1.29 is 9.53 Å². The van der Waals surface area contributed by atoms with E-state index in [2.05, 4.69) is 6.07 Å². The number of benzene rings is 1. The van der Waals surface area contributed by atoms with Gasteiger partial charge in [0, 0.05) is 13.1 Å². The molecule has 1 aliphatic carbocycles. The zero-order valence-corrected chi connectivity index (χ0v) is 9.89. The van der Waals surface area contributed by atoms with Crippen LogP contribution in [0.15, 0.2) is 24.3 Å². The number of rotatable bonds is 2. The van der Waals surface area contributed by atoms with E-state index < -0.39 is 0 Å². The minimum Gasteiger partial charge on any atom is -0.410 e. The highest BCUT2D eigenvalue weighted by atomic mass is 16.6. The predicted molar refractivity (Wildman–Crippen MR) is 65.2 cm³/mol. The molecule has 0 radical (unpaired) electrons. The van der Waals surface area contributed by atoms with Crippen LogP contribution >= 0.6 is 0 Å². The Kier molecular flexibility index (Phi) is 2.75. The van der Waals surface area contributed by atoms with Crippen LogP contribution in [-0.4, -0.2) is 24.1 Å². The summed E-state index contributed by atoms with van der Waals surface area (Å²) in [5, 5.41) is 0. The summed E-state index contributed by atoms with van der Waals surface area (Å²) < 4.78 is 5.52. The maximum atomic E-state index is 11.9. The Morgan fingerprint density at radius 3 is 2.59 bits per heavy atom. The van der Waals surface area contributed by atoms with Gasteiger partial charge in [-0.2, -0.15) is 0 Å². The molecule has 0 atom stereocenters. The molecular formula is C14H17NO2. The van der Waals surface area contributed by atoms with Crippen molar-refractivity contribution in [2.24, 2.45) is 0 Å². The van der Waals surface area contributed by atoms with Gasteiger partial charge in [0.05, 0.1) is 0 Å². The molecule has 1 amide bonds. The zero-order chi connectivity index (χ0) is 11.7. The van der Waals surface area contributed by atoms with Gasteiger partial charge in [0.15, 0.2) is 0 Å². The molecule has 1 aromatic rings. The minimum atomic E-state index is -0.185. The van der Waals surface area contributed by atoms with E-state index in [1.807, 2.05) is 18.2 Å². The highest BCUT2D eigenvalue weighted by Crippen LogP contribution is 2.44. The van der Waals surface area contributed by atoms with Gasteiger partial charge in [-0.1, -0.05) is 18.2 Å². The van der Waals surface area contributed by atoms with E-state index in [1.165, 1.54) is 18.4 Å². The standard InChI is InChI=1S/C14H17NO2/c16-14(15-9-3-4-10-15)17-13-6-2-1-5-12(13)11-7-8-11/h1-2,5-6,11H,3-4,7-10H2. The second-order valence-corrected chi connectivity index (χ2v) is 4.87. The van der Waals surface area contributed by atoms with Crippen molar-refractivity contribution in [2.45, 2.75) is 31.6 Å². The van der Waals surface area contributed by atoms with Gasteiger partial charge in [0.2, 0.25) is 0 Å². The summed E-state index contributed by atoms with van der Waals surface area (Å²) in [6.07, 6.45) is 4.45. The topological polar surface area (TPSA) is 29.5 Å². The fraction of sp³-hybridized carbons (Fsp3) is 0.500. The monoisotopic (exact) mass is 231 g/mol.